The van der Waals surface area contributed by atoms with Crippen molar-refractivity contribution in [2.75, 3.05) is 5.73 Å². The smallest absolute Gasteiger partial charge is 0.236 e. The minimum atomic E-state index is -0.123. The Bertz CT molecular complexity index is 974. The number of aryl methyl sites for hydroxylation is 3. The number of anilines is 1. The number of aromatic nitrogens is 4. The van der Waals surface area contributed by atoms with Gasteiger partial charge in [0.15, 0.2) is 5.82 Å². The fourth-order valence-electron chi connectivity index (χ4n) is 3.18. The van der Waals surface area contributed by atoms with Crippen LogP contribution in [0.2, 0.25) is 0 Å². The molecule has 0 spiro atoms. The lowest BCUT2D eigenvalue weighted by atomic mass is 10.1. The van der Waals surface area contributed by atoms with Crippen molar-refractivity contribution < 1.29 is 9.21 Å². The lowest BCUT2D eigenvalue weighted by Crippen LogP contribution is -2.34. The number of rotatable bonds is 3. The van der Waals surface area contributed by atoms with Crippen molar-refractivity contribution in [3.63, 3.8) is 0 Å². The number of amides is 1. The van der Waals surface area contributed by atoms with Crippen LogP contribution in [-0.2, 0) is 18.4 Å². The largest absolute Gasteiger partial charge is 0.443 e. The third-order valence-corrected chi connectivity index (χ3v) is 4.55. The Morgan fingerprint density at radius 2 is 2.20 bits per heavy atom. The Labute approximate surface area is 143 Å². The van der Waals surface area contributed by atoms with E-state index in [2.05, 4.69) is 20.5 Å². The van der Waals surface area contributed by atoms with Crippen LogP contribution in [-0.4, -0.2) is 30.7 Å². The van der Waals surface area contributed by atoms with Crippen LogP contribution in [0.15, 0.2) is 16.8 Å². The van der Waals surface area contributed by atoms with Crippen LogP contribution >= 0.6 is 0 Å². The zero-order valence-electron chi connectivity index (χ0n) is 14.3. The molecule has 0 aliphatic carbocycles. The number of hydrogen-bond donors (Lipinski definition) is 2. The zero-order valence-corrected chi connectivity index (χ0v) is 14.3. The third kappa shape index (κ3) is 2.62. The molecule has 0 bridgehead atoms. The molecule has 1 saturated heterocycles. The first-order chi connectivity index (χ1) is 11.9. The number of carbonyl (C=O) groups excluding carboxylic acids is 1. The maximum Gasteiger partial charge on any atom is 0.236 e. The van der Waals surface area contributed by atoms with Crippen molar-refractivity contribution in [1.82, 2.24) is 30.2 Å². The summed E-state index contributed by atoms with van der Waals surface area (Å²) in [5.74, 6) is 1.61. The number of fused-ring (bicyclic) bond motifs is 1. The van der Waals surface area contributed by atoms with Crippen molar-refractivity contribution in [3.05, 3.63) is 35.1 Å². The summed E-state index contributed by atoms with van der Waals surface area (Å²) in [7, 11) is 1.84. The summed E-state index contributed by atoms with van der Waals surface area (Å²) >= 11 is 0. The number of nitrogen functional groups attached to an aromatic ring is 1. The molecule has 4 rings (SSSR count). The molecule has 0 aromatic carbocycles. The third-order valence-electron chi connectivity index (χ3n) is 4.55. The molecular formula is C16H19N7O2. The highest BCUT2D eigenvalue weighted by molar-refractivity contribution is 5.88. The van der Waals surface area contributed by atoms with E-state index in [1.54, 1.807) is 10.9 Å². The Morgan fingerprint density at radius 1 is 1.40 bits per heavy atom. The highest BCUT2D eigenvalue weighted by Crippen LogP contribution is 2.30. The maximum atomic E-state index is 11.9. The molecule has 4 heterocycles. The minimum Gasteiger partial charge on any atom is -0.443 e. The van der Waals surface area contributed by atoms with E-state index in [9.17, 15) is 4.79 Å². The quantitative estimate of drug-likeness (QED) is 0.734. The monoisotopic (exact) mass is 341 g/mol. The average molecular weight is 341 g/mol. The van der Waals surface area contributed by atoms with Crippen LogP contribution in [0, 0.1) is 13.8 Å². The second kappa shape index (κ2) is 5.55. The Balaban J connectivity index is 1.66. The molecule has 1 aliphatic heterocycles. The summed E-state index contributed by atoms with van der Waals surface area (Å²) in [5.41, 5.74) is 11.3. The van der Waals surface area contributed by atoms with Gasteiger partial charge in [-0.25, -0.2) is 9.99 Å². The summed E-state index contributed by atoms with van der Waals surface area (Å²) in [4.78, 5) is 20.8. The van der Waals surface area contributed by atoms with Gasteiger partial charge in [-0.3, -0.25) is 14.9 Å². The topological polar surface area (TPSA) is 115 Å². The van der Waals surface area contributed by atoms with E-state index in [1.807, 2.05) is 32.1 Å². The highest BCUT2D eigenvalue weighted by atomic mass is 16.3. The van der Waals surface area contributed by atoms with Gasteiger partial charge in [-0.2, -0.15) is 10.1 Å². The standard InChI is InChI=1S/C16H19N7O2/c1-8-9(2)25-16-14(8)15(17)19-12(20-16)7-23-11(4-13(24)21-23)10-5-18-22(3)6-10/h5-6,11H,4,7H2,1-3H3,(H,21,24)(H2,17,19,20). The second-order valence-corrected chi connectivity index (χ2v) is 6.32. The molecule has 1 fully saturated rings. The summed E-state index contributed by atoms with van der Waals surface area (Å²) in [6.45, 7) is 4.12. The molecule has 0 radical (unpaired) electrons. The lowest BCUT2D eigenvalue weighted by Gasteiger charge is -2.21. The fraction of sp³-hybridized carbons (Fsp3) is 0.375. The number of nitrogens with one attached hydrogen (secondary N) is 1. The van der Waals surface area contributed by atoms with Gasteiger partial charge in [0, 0.05) is 30.8 Å². The van der Waals surface area contributed by atoms with Gasteiger partial charge in [0.05, 0.1) is 24.2 Å². The summed E-state index contributed by atoms with van der Waals surface area (Å²) in [5, 5.41) is 6.73. The van der Waals surface area contributed by atoms with Crippen LogP contribution in [0.1, 0.15) is 35.2 Å². The molecule has 3 aromatic heterocycles. The fourth-order valence-corrected chi connectivity index (χ4v) is 3.18. The normalized spacial score (nSPS) is 18.2. The van der Waals surface area contributed by atoms with Crippen LogP contribution in [0.4, 0.5) is 5.82 Å². The lowest BCUT2D eigenvalue weighted by molar-refractivity contribution is -0.121. The molecule has 1 atom stereocenters. The first kappa shape index (κ1) is 15.6. The summed E-state index contributed by atoms with van der Waals surface area (Å²) in [6.07, 6.45) is 4.02. The van der Waals surface area contributed by atoms with Crippen molar-refractivity contribution in [1.29, 1.82) is 0 Å². The molecule has 1 amide bonds. The molecule has 130 valence electrons. The van der Waals surface area contributed by atoms with Crippen LogP contribution in [0.25, 0.3) is 11.1 Å². The molecule has 9 nitrogen and oxygen atoms in total. The van der Waals surface area contributed by atoms with Crippen LogP contribution in [0.5, 0.6) is 0 Å². The number of hydrazine groups is 1. The Morgan fingerprint density at radius 3 is 2.92 bits per heavy atom. The number of nitrogens with two attached hydrogens (primary N) is 1. The van der Waals surface area contributed by atoms with E-state index in [0.29, 0.717) is 30.3 Å². The van der Waals surface area contributed by atoms with Gasteiger partial charge in [0.25, 0.3) is 0 Å². The number of nitrogens with zero attached hydrogens (tertiary/aromatic N) is 5. The van der Waals surface area contributed by atoms with Crippen molar-refractivity contribution in [2.24, 2.45) is 7.05 Å². The summed E-state index contributed by atoms with van der Waals surface area (Å²) < 4.78 is 7.38. The number of hydrogen-bond acceptors (Lipinski definition) is 7. The van der Waals surface area contributed by atoms with E-state index in [4.69, 9.17) is 10.2 Å². The van der Waals surface area contributed by atoms with Gasteiger partial charge in [-0.15, -0.1) is 0 Å². The van der Waals surface area contributed by atoms with Gasteiger partial charge < -0.3 is 10.2 Å². The van der Waals surface area contributed by atoms with Crippen molar-refractivity contribution in [3.8, 4) is 0 Å². The number of carbonyl (C=O) groups is 1. The molecular weight excluding hydrogens is 322 g/mol. The molecule has 25 heavy (non-hydrogen) atoms. The van der Waals surface area contributed by atoms with Gasteiger partial charge >= 0.3 is 0 Å². The van der Waals surface area contributed by atoms with E-state index in [1.165, 1.54) is 0 Å². The highest BCUT2D eigenvalue weighted by Gasteiger charge is 2.33. The predicted octanol–water partition coefficient (Wildman–Crippen LogP) is 1.13. The van der Waals surface area contributed by atoms with E-state index in [0.717, 1.165) is 22.3 Å². The molecule has 1 unspecified atom stereocenters. The molecule has 9 heteroatoms. The number of furan rings is 1. The first-order valence-corrected chi connectivity index (χ1v) is 7.99. The van der Waals surface area contributed by atoms with Crippen molar-refractivity contribution in [2.45, 2.75) is 32.9 Å². The Hall–Kier alpha value is -2.94. The zero-order chi connectivity index (χ0) is 17.7. The molecule has 3 aromatic rings. The van der Waals surface area contributed by atoms with Gasteiger partial charge in [0.2, 0.25) is 11.6 Å². The van der Waals surface area contributed by atoms with E-state index < -0.39 is 0 Å². The predicted molar refractivity (Wildman–Crippen MR) is 89.9 cm³/mol. The second-order valence-electron chi connectivity index (χ2n) is 6.32. The average Bonchev–Trinajstić information content (AvgIpc) is 3.19. The van der Waals surface area contributed by atoms with Gasteiger partial charge in [-0.05, 0) is 13.8 Å². The van der Waals surface area contributed by atoms with E-state index >= 15 is 0 Å². The first-order valence-electron chi connectivity index (χ1n) is 7.99. The Kier molecular flexibility index (Phi) is 3.46. The van der Waals surface area contributed by atoms with Crippen molar-refractivity contribution >= 4 is 22.8 Å². The van der Waals surface area contributed by atoms with E-state index in [-0.39, 0.29) is 11.9 Å². The summed E-state index contributed by atoms with van der Waals surface area (Å²) in [6, 6.07) is -0.123. The minimum absolute atomic E-state index is 0.0485. The SMILES string of the molecule is Cc1oc2nc(CN3NC(=O)CC3c3cnn(C)c3)nc(N)c2c1C. The maximum absolute atomic E-state index is 11.9. The van der Waals surface area contributed by atoms with Gasteiger partial charge in [-0.1, -0.05) is 0 Å². The molecule has 1 aliphatic rings. The van der Waals surface area contributed by atoms with Gasteiger partial charge in [0.1, 0.15) is 11.6 Å². The molecule has 0 saturated carbocycles. The molecule has 3 N–H and O–H groups in total. The van der Waals surface area contributed by atoms with Crippen LogP contribution < -0.4 is 11.2 Å². The van der Waals surface area contributed by atoms with Crippen LogP contribution in [0.3, 0.4) is 0 Å².